The summed E-state index contributed by atoms with van der Waals surface area (Å²) in [7, 11) is 2.93. The summed E-state index contributed by atoms with van der Waals surface area (Å²) < 4.78 is 10.1. The number of nitrogens with one attached hydrogen (secondary N) is 2. The van der Waals surface area contributed by atoms with E-state index in [0.29, 0.717) is 17.0 Å². The number of rotatable bonds is 6. The number of benzene rings is 2. The lowest BCUT2D eigenvalue weighted by Gasteiger charge is -2.12. The molecule has 1 heterocycles. The zero-order valence-corrected chi connectivity index (χ0v) is 15.8. The van der Waals surface area contributed by atoms with Gasteiger partial charge in [0.15, 0.2) is 11.5 Å². The van der Waals surface area contributed by atoms with E-state index in [1.807, 2.05) is 0 Å². The minimum Gasteiger partial charge on any atom is -0.504 e. The highest BCUT2D eigenvalue weighted by Gasteiger charge is 2.34. The molecule has 0 bridgehead atoms. The van der Waals surface area contributed by atoms with E-state index in [9.17, 15) is 19.5 Å². The Morgan fingerprint density at radius 2 is 1.86 bits per heavy atom. The van der Waals surface area contributed by atoms with E-state index in [1.54, 1.807) is 30.3 Å². The van der Waals surface area contributed by atoms with Crippen LogP contribution in [0.2, 0.25) is 0 Å². The maximum Gasteiger partial charge on any atom is 0.329 e. The number of aromatic hydroxyl groups is 1. The molecule has 1 aliphatic heterocycles. The van der Waals surface area contributed by atoms with Crippen LogP contribution in [-0.2, 0) is 9.59 Å². The molecule has 150 valence electrons. The molecule has 2 aromatic rings. The summed E-state index contributed by atoms with van der Waals surface area (Å²) in [6, 6.07) is 10.4. The highest BCUT2D eigenvalue weighted by molar-refractivity contribution is 6.15. The number of anilines is 1. The molecule has 1 fully saturated rings. The van der Waals surface area contributed by atoms with Crippen molar-refractivity contribution in [3.05, 3.63) is 53.7 Å². The summed E-state index contributed by atoms with van der Waals surface area (Å²) in [5.74, 6) is -0.337. The van der Waals surface area contributed by atoms with Crippen molar-refractivity contribution in [2.24, 2.45) is 0 Å². The standard InChI is InChI=1S/C20H19N3O6/c1-28-14-6-4-13(5-7-14)21-18(25)11-23-19(26)15(22-20(23)27)9-12-3-8-16(24)17(10-12)29-2/h3-10,24H,11H2,1-2H3,(H,21,25)(H,22,27)/b15-9-. The van der Waals surface area contributed by atoms with Gasteiger partial charge in [-0.2, -0.15) is 0 Å². The van der Waals surface area contributed by atoms with Crippen LogP contribution in [0, 0.1) is 0 Å². The number of carbonyl (C=O) groups is 3. The second-order valence-electron chi connectivity index (χ2n) is 6.09. The first-order chi connectivity index (χ1) is 13.9. The monoisotopic (exact) mass is 397 g/mol. The van der Waals surface area contributed by atoms with Crippen molar-refractivity contribution in [2.45, 2.75) is 0 Å². The van der Waals surface area contributed by atoms with Crippen LogP contribution in [0.15, 0.2) is 48.2 Å². The Kier molecular flexibility index (Phi) is 5.68. The Morgan fingerprint density at radius 1 is 1.14 bits per heavy atom. The van der Waals surface area contributed by atoms with Crippen LogP contribution in [0.3, 0.4) is 0 Å². The molecule has 1 saturated heterocycles. The van der Waals surface area contributed by atoms with Gasteiger partial charge in [0.1, 0.15) is 18.0 Å². The maximum absolute atomic E-state index is 12.5. The predicted molar refractivity (Wildman–Crippen MR) is 105 cm³/mol. The van der Waals surface area contributed by atoms with Crippen molar-refractivity contribution in [1.29, 1.82) is 0 Å². The zero-order chi connectivity index (χ0) is 21.0. The van der Waals surface area contributed by atoms with E-state index >= 15 is 0 Å². The summed E-state index contributed by atoms with van der Waals surface area (Å²) in [6.07, 6.45) is 1.43. The van der Waals surface area contributed by atoms with E-state index in [2.05, 4.69) is 10.6 Å². The summed E-state index contributed by atoms with van der Waals surface area (Å²) in [5.41, 5.74) is 1.06. The third-order valence-corrected chi connectivity index (χ3v) is 4.15. The lowest BCUT2D eigenvalue weighted by atomic mass is 10.1. The van der Waals surface area contributed by atoms with E-state index in [1.165, 1.54) is 32.4 Å². The van der Waals surface area contributed by atoms with Crippen molar-refractivity contribution in [3.8, 4) is 17.2 Å². The lowest BCUT2D eigenvalue weighted by Crippen LogP contribution is -2.38. The lowest BCUT2D eigenvalue weighted by molar-refractivity contribution is -0.127. The van der Waals surface area contributed by atoms with Crippen molar-refractivity contribution in [2.75, 3.05) is 26.1 Å². The van der Waals surface area contributed by atoms with Crippen molar-refractivity contribution >= 4 is 29.6 Å². The highest BCUT2D eigenvalue weighted by atomic mass is 16.5. The number of nitrogens with zero attached hydrogens (tertiary/aromatic N) is 1. The Balaban J connectivity index is 1.69. The normalized spacial score (nSPS) is 14.7. The first-order valence-electron chi connectivity index (χ1n) is 8.56. The van der Waals surface area contributed by atoms with Crippen LogP contribution in [0.5, 0.6) is 17.2 Å². The average Bonchev–Trinajstić information content (AvgIpc) is 2.97. The van der Waals surface area contributed by atoms with Crippen LogP contribution in [0.1, 0.15) is 5.56 Å². The van der Waals surface area contributed by atoms with Gasteiger partial charge in [0, 0.05) is 5.69 Å². The number of carbonyl (C=O) groups excluding carboxylic acids is 3. The number of phenolic OH excluding ortho intramolecular Hbond substituents is 1. The van der Waals surface area contributed by atoms with Gasteiger partial charge in [-0.1, -0.05) is 6.07 Å². The van der Waals surface area contributed by atoms with E-state index < -0.39 is 24.4 Å². The second kappa shape index (κ2) is 8.34. The number of ether oxygens (including phenoxy) is 2. The molecule has 1 aliphatic rings. The number of urea groups is 1. The van der Waals surface area contributed by atoms with Crippen molar-refractivity contribution < 1.29 is 29.0 Å². The first-order valence-corrected chi connectivity index (χ1v) is 8.56. The van der Waals surface area contributed by atoms with Gasteiger partial charge in [-0.3, -0.25) is 9.59 Å². The number of methoxy groups -OCH3 is 2. The van der Waals surface area contributed by atoms with Crippen LogP contribution >= 0.6 is 0 Å². The fraction of sp³-hybridized carbons (Fsp3) is 0.150. The fourth-order valence-corrected chi connectivity index (χ4v) is 2.68. The molecular weight excluding hydrogens is 378 g/mol. The van der Waals surface area contributed by atoms with Crippen LogP contribution in [0.4, 0.5) is 10.5 Å². The summed E-state index contributed by atoms with van der Waals surface area (Å²) in [6.45, 7) is -0.438. The van der Waals surface area contributed by atoms with Crippen molar-refractivity contribution in [1.82, 2.24) is 10.2 Å². The topological polar surface area (TPSA) is 117 Å². The zero-order valence-electron chi connectivity index (χ0n) is 15.8. The van der Waals surface area contributed by atoms with Gasteiger partial charge in [-0.15, -0.1) is 0 Å². The molecular formula is C20H19N3O6. The number of hydrogen-bond donors (Lipinski definition) is 3. The molecule has 2 aromatic carbocycles. The van der Waals surface area contributed by atoms with Gasteiger partial charge in [0.25, 0.3) is 5.91 Å². The third kappa shape index (κ3) is 4.46. The number of amides is 4. The molecule has 9 nitrogen and oxygen atoms in total. The molecule has 0 saturated carbocycles. The Labute approximate surface area is 166 Å². The minimum absolute atomic E-state index is 0.0139. The second-order valence-corrected chi connectivity index (χ2v) is 6.09. The number of hydrogen-bond acceptors (Lipinski definition) is 6. The third-order valence-electron chi connectivity index (χ3n) is 4.15. The van der Waals surface area contributed by atoms with Crippen LogP contribution < -0.4 is 20.1 Å². The van der Waals surface area contributed by atoms with E-state index in [4.69, 9.17) is 9.47 Å². The predicted octanol–water partition coefficient (Wildman–Crippen LogP) is 1.94. The van der Waals surface area contributed by atoms with Crippen LogP contribution in [-0.4, -0.2) is 48.6 Å². The Bertz CT molecular complexity index is 984. The van der Waals surface area contributed by atoms with Gasteiger partial charge in [0.05, 0.1) is 14.2 Å². The Hall–Kier alpha value is -4.01. The summed E-state index contributed by atoms with van der Waals surface area (Å²) in [4.78, 5) is 37.7. The maximum atomic E-state index is 12.5. The first kappa shape index (κ1) is 19.7. The van der Waals surface area contributed by atoms with Gasteiger partial charge < -0.3 is 25.2 Å². The molecule has 9 heteroatoms. The molecule has 0 aliphatic carbocycles. The van der Waals surface area contributed by atoms with Gasteiger partial charge >= 0.3 is 6.03 Å². The van der Waals surface area contributed by atoms with Gasteiger partial charge in [0.2, 0.25) is 5.91 Å². The van der Waals surface area contributed by atoms with Crippen molar-refractivity contribution in [3.63, 3.8) is 0 Å². The van der Waals surface area contributed by atoms with Crippen LogP contribution in [0.25, 0.3) is 6.08 Å². The molecule has 4 amide bonds. The molecule has 0 atom stereocenters. The SMILES string of the molecule is COc1ccc(NC(=O)CN2C(=O)N/C(=C\c3ccc(O)c(OC)c3)C2=O)cc1. The molecule has 0 unspecified atom stereocenters. The van der Waals surface area contributed by atoms with Gasteiger partial charge in [-0.05, 0) is 48.0 Å². The van der Waals surface area contributed by atoms with E-state index in [-0.39, 0.29) is 17.2 Å². The summed E-state index contributed by atoms with van der Waals surface area (Å²) >= 11 is 0. The highest BCUT2D eigenvalue weighted by Crippen LogP contribution is 2.27. The molecule has 29 heavy (non-hydrogen) atoms. The van der Waals surface area contributed by atoms with E-state index in [0.717, 1.165) is 4.90 Å². The fourth-order valence-electron chi connectivity index (χ4n) is 2.68. The number of phenols is 1. The number of imide groups is 1. The Morgan fingerprint density at radius 3 is 2.52 bits per heavy atom. The van der Waals surface area contributed by atoms with Gasteiger partial charge in [-0.25, -0.2) is 9.69 Å². The quantitative estimate of drug-likeness (QED) is 0.507. The summed E-state index contributed by atoms with van der Waals surface area (Å²) in [5, 5.41) is 14.7. The smallest absolute Gasteiger partial charge is 0.329 e. The molecule has 0 spiro atoms. The molecule has 3 N–H and O–H groups in total. The molecule has 0 aromatic heterocycles. The molecule has 0 radical (unpaired) electrons. The molecule has 3 rings (SSSR count). The average molecular weight is 397 g/mol. The minimum atomic E-state index is -0.697. The largest absolute Gasteiger partial charge is 0.504 e.